The normalized spacial score (nSPS) is 20.2. The fourth-order valence-corrected chi connectivity index (χ4v) is 5.95. The second-order valence-electron chi connectivity index (χ2n) is 11.3. The summed E-state index contributed by atoms with van der Waals surface area (Å²) in [7, 11) is 0. The van der Waals surface area contributed by atoms with Crippen molar-refractivity contribution in [2.45, 2.75) is 52.5 Å². The van der Waals surface area contributed by atoms with Crippen LogP contribution in [0.5, 0.6) is 0 Å². The van der Waals surface area contributed by atoms with Crippen LogP contribution in [0.3, 0.4) is 0 Å². The third-order valence-electron chi connectivity index (χ3n) is 7.72. The number of carbonyl (C=O) groups is 2. The van der Waals surface area contributed by atoms with Crippen LogP contribution < -0.4 is 15.7 Å². The predicted molar refractivity (Wildman–Crippen MR) is 166 cm³/mol. The van der Waals surface area contributed by atoms with Crippen molar-refractivity contribution in [3.63, 3.8) is 0 Å². The van der Waals surface area contributed by atoms with Gasteiger partial charge in [-0.2, -0.15) is 4.98 Å². The van der Waals surface area contributed by atoms with Gasteiger partial charge in [-0.1, -0.05) is 58.0 Å². The molecule has 2 aromatic rings. The van der Waals surface area contributed by atoms with Crippen molar-refractivity contribution >= 4 is 41.0 Å². The fourth-order valence-electron chi connectivity index (χ4n) is 5.66. The Labute approximate surface area is 254 Å². The average Bonchev–Trinajstić information content (AvgIpc) is 2.97. The maximum absolute atomic E-state index is 14.2. The molecule has 11 nitrogen and oxygen atoms in total. The Hall–Kier alpha value is -4.35. The third kappa shape index (κ3) is 5.23. The molecule has 4 heterocycles. The van der Waals surface area contributed by atoms with Crippen molar-refractivity contribution < 1.29 is 14.8 Å². The van der Waals surface area contributed by atoms with Crippen molar-refractivity contribution in [2.75, 3.05) is 29.6 Å². The number of amides is 1. The minimum Gasteiger partial charge on any atom is -0.350 e. The van der Waals surface area contributed by atoms with Crippen molar-refractivity contribution in [1.29, 1.82) is 0 Å². The first-order valence-electron chi connectivity index (χ1n) is 14.2. The van der Waals surface area contributed by atoms with Gasteiger partial charge in [0, 0.05) is 31.2 Å². The van der Waals surface area contributed by atoms with Gasteiger partial charge in [-0.15, -0.1) is 0 Å². The van der Waals surface area contributed by atoms with E-state index in [9.17, 15) is 19.6 Å². The van der Waals surface area contributed by atoms with Gasteiger partial charge in [0.15, 0.2) is 11.6 Å². The Balaban J connectivity index is 1.83. The van der Waals surface area contributed by atoms with Gasteiger partial charge in [0.1, 0.15) is 17.8 Å². The first-order chi connectivity index (χ1) is 20.5. The van der Waals surface area contributed by atoms with Crippen LogP contribution in [0.1, 0.15) is 63.4 Å². The minimum atomic E-state index is -0.663. The molecule has 2 aliphatic heterocycles. The molecule has 12 heteroatoms. The first-order valence-corrected chi connectivity index (χ1v) is 14.5. The van der Waals surface area contributed by atoms with Gasteiger partial charge in [-0.25, -0.2) is 24.4 Å². The predicted octanol–water partition coefficient (Wildman–Crippen LogP) is 4.23. The molecule has 43 heavy (non-hydrogen) atoms. The van der Waals surface area contributed by atoms with E-state index in [1.165, 1.54) is 23.0 Å². The van der Waals surface area contributed by atoms with Gasteiger partial charge < -0.3 is 9.80 Å². The van der Waals surface area contributed by atoms with E-state index in [2.05, 4.69) is 21.5 Å². The van der Waals surface area contributed by atoms with E-state index < -0.39 is 5.69 Å². The molecule has 1 fully saturated rings. The second-order valence-corrected chi connectivity index (χ2v) is 11.7. The number of halogens is 1. The number of piperazine rings is 1. The molecule has 0 unspecified atom stereocenters. The molecule has 0 aromatic carbocycles. The zero-order chi connectivity index (χ0) is 31.2. The molecular formula is C31H34ClN7O4. The fraction of sp³-hybridized carbons (Fsp3) is 0.355. The zero-order valence-electron chi connectivity index (χ0n) is 24.8. The van der Waals surface area contributed by atoms with E-state index in [0.717, 1.165) is 5.06 Å². The van der Waals surface area contributed by atoms with Gasteiger partial charge >= 0.3 is 5.69 Å². The van der Waals surface area contributed by atoms with Crippen LogP contribution in [-0.2, 0) is 9.59 Å². The second kappa shape index (κ2) is 11.7. The molecule has 1 saturated heterocycles. The lowest BCUT2D eigenvalue weighted by Gasteiger charge is -2.41. The van der Waals surface area contributed by atoms with E-state index in [-0.39, 0.29) is 51.7 Å². The SMILES string of the molecule is C=CC(=O)N1CCN(c2nc(=O)n(-c3c(C(C)C)ncnc3C(C)C)c3c2C=C(Cl)/C(=C2/C=CC=CC2=O)N3O)[C@@H](C)C1. The molecule has 3 aliphatic rings. The van der Waals surface area contributed by atoms with Crippen LogP contribution in [0, 0.1) is 0 Å². The molecule has 2 aromatic heterocycles. The topological polar surface area (TPSA) is 125 Å². The summed E-state index contributed by atoms with van der Waals surface area (Å²) in [6, 6.07) is -0.228. The number of allylic oxidation sites excluding steroid dienone is 6. The Bertz CT molecular complexity index is 1680. The number of anilines is 2. The monoisotopic (exact) mass is 603 g/mol. The molecule has 0 bridgehead atoms. The lowest BCUT2D eigenvalue weighted by Crippen LogP contribution is -2.54. The van der Waals surface area contributed by atoms with E-state index in [0.29, 0.717) is 48.1 Å². The lowest BCUT2D eigenvalue weighted by molar-refractivity contribution is -0.126. The number of hydrogen-bond donors (Lipinski definition) is 1. The van der Waals surface area contributed by atoms with Gasteiger partial charge in [-0.05, 0) is 43.1 Å². The van der Waals surface area contributed by atoms with E-state index in [1.807, 2.05) is 39.5 Å². The summed E-state index contributed by atoms with van der Waals surface area (Å²) < 4.78 is 1.32. The maximum atomic E-state index is 14.2. The molecule has 1 aliphatic carbocycles. The highest BCUT2D eigenvalue weighted by molar-refractivity contribution is 6.35. The number of hydroxylamine groups is 1. The summed E-state index contributed by atoms with van der Waals surface area (Å²) >= 11 is 6.81. The van der Waals surface area contributed by atoms with E-state index >= 15 is 0 Å². The zero-order valence-corrected chi connectivity index (χ0v) is 25.5. The highest BCUT2D eigenvalue weighted by Crippen LogP contribution is 2.43. The molecule has 1 N–H and O–H groups in total. The summed E-state index contributed by atoms with van der Waals surface area (Å²) in [5, 5.41) is 12.8. The number of fused-ring (bicyclic) bond motifs is 1. The van der Waals surface area contributed by atoms with Gasteiger partial charge in [0.2, 0.25) is 5.91 Å². The number of carbonyl (C=O) groups excluding carboxylic acids is 2. The van der Waals surface area contributed by atoms with Crippen LogP contribution >= 0.6 is 11.6 Å². The molecule has 1 amide bonds. The first kappa shape index (κ1) is 30.1. The third-order valence-corrected chi connectivity index (χ3v) is 8.01. The summed E-state index contributed by atoms with van der Waals surface area (Å²) in [4.78, 5) is 56.6. The summed E-state index contributed by atoms with van der Waals surface area (Å²) in [6.45, 7) is 14.5. The minimum absolute atomic E-state index is 0.0357. The quantitative estimate of drug-likeness (QED) is 0.500. The smallest absolute Gasteiger partial charge is 0.350 e. The summed E-state index contributed by atoms with van der Waals surface area (Å²) in [5.74, 6) is -0.366. The maximum Gasteiger partial charge on any atom is 0.355 e. The van der Waals surface area contributed by atoms with Gasteiger partial charge in [0.25, 0.3) is 0 Å². The lowest BCUT2D eigenvalue weighted by atomic mass is 9.99. The number of aromatic nitrogens is 4. The largest absolute Gasteiger partial charge is 0.355 e. The molecular weight excluding hydrogens is 570 g/mol. The van der Waals surface area contributed by atoms with Crippen molar-refractivity contribution in [2.24, 2.45) is 0 Å². The molecule has 0 spiro atoms. The Morgan fingerprint density at radius 1 is 1.09 bits per heavy atom. The van der Waals surface area contributed by atoms with Crippen molar-refractivity contribution in [3.05, 3.63) is 87.0 Å². The van der Waals surface area contributed by atoms with Gasteiger partial charge in [-0.3, -0.25) is 14.8 Å². The molecule has 0 radical (unpaired) electrons. The van der Waals surface area contributed by atoms with Gasteiger partial charge in [0.05, 0.1) is 27.7 Å². The Kier molecular flexibility index (Phi) is 8.22. The Morgan fingerprint density at radius 2 is 1.74 bits per heavy atom. The van der Waals surface area contributed by atoms with Crippen LogP contribution in [-0.4, -0.2) is 67.0 Å². The molecule has 1 atom stereocenters. The Morgan fingerprint density at radius 3 is 2.33 bits per heavy atom. The molecule has 224 valence electrons. The van der Waals surface area contributed by atoms with Crippen LogP contribution in [0.25, 0.3) is 11.8 Å². The van der Waals surface area contributed by atoms with Crippen LogP contribution in [0.15, 0.2) is 64.4 Å². The average molecular weight is 604 g/mol. The van der Waals surface area contributed by atoms with Crippen LogP contribution in [0.4, 0.5) is 11.6 Å². The van der Waals surface area contributed by atoms with Crippen LogP contribution in [0.2, 0.25) is 0 Å². The number of ketones is 1. The van der Waals surface area contributed by atoms with Crippen molar-refractivity contribution in [3.8, 4) is 5.69 Å². The molecule has 5 rings (SSSR count). The highest BCUT2D eigenvalue weighted by Gasteiger charge is 2.37. The summed E-state index contributed by atoms with van der Waals surface area (Å²) in [5.41, 5.74) is 1.53. The number of nitrogens with zero attached hydrogens (tertiary/aromatic N) is 7. The van der Waals surface area contributed by atoms with E-state index in [4.69, 9.17) is 11.6 Å². The van der Waals surface area contributed by atoms with E-state index in [1.54, 1.807) is 29.2 Å². The standard InChI is InChI=1S/C31H34ClN7O4/c1-7-24(41)36-12-13-37(19(6)15-36)29-21-14-22(32)27(20-10-8-9-11-23(20)40)39(43)30(21)38(31(42)35-29)28-25(17(2)3)33-16-34-26(28)18(4)5/h7-11,14,16-19,43H,1,12-13,15H2,2-6H3/b27-20+/t19-/m0/s1. The van der Waals surface area contributed by atoms with Crippen molar-refractivity contribution in [1.82, 2.24) is 24.4 Å². The summed E-state index contributed by atoms with van der Waals surface area (Å²) in [6.07, 6.45) is 10.6. The number of hydrogen-bond acceptors (Lipinski definition) is 9. The number of rotatable bonds is 5. The highest BCUT2D eigenvalue weighted by atomic mass is 35.5. The molecule has 0 saturated carbocycles.